The summed E-state index contributed by atoms with van der Waals surface area (Å²) >= 11 is 0. The highest BCUT2D eigenvalue weighted by atomic mass is 32.2. The van der Waals surface area contributed by atoms with Crippen molar-refractivity contribution in [2.75, 3.05) is 0 Å². The zero-order valence-electron chi connectivity index (χ0n) is 11.6. The number of benzene rings is 1. The molecule has 0 N–H and O–H groups in total. The van der Waals surface area contributed by atoms with Gasteiger partial charge in [-0.2, -0.15) is 5.10 Å². The fourth-order valence-electron chi connectivity index (χ4n) is 2.78. The summed E-state index contributed by atoms with van der Waals surface area (Å²) in [5, 5.41) is 4.62. The molecule has 2 aromatic rings. The van der Waals surface area contributed by atoms with Crippen molar-refractivity contribution in [3.8, 4) is 5.69 Å². The number of aromatic nitrogens is 2. The van der Waals surface area contributed by atoms with Gasteiger partial charge in [0.1, 0.15) is 0 Å². The van der Waals surface area contributed by atoms with Gasteiger partial charge in [-0.25, -0.2) is 4.68 Å². The van der Waals surface area contributed by atoms with E-state index >= 15 is 0 Å². The molecule has 1 saturated carbocycles. The molecule has 0 radical (unpaired) electrons. The van der Waals surface area contributed by atoms with Gasteiger partial charge >= 0.3 is 0 Å². The average Bonchev–Trinajstić information content (AvgIpc) is 3.03. The van der Waals surface area contributed by atoms with Gasteiger partial charge in [0.05, 0.1) is 5.69 Å². The van der Waals surface area contributed by atoms with Crippen LogP contribution in [0.2, 0.25) is 0 Å². The Morgan fingerprint density at radius 2 is 1.90 bits per heavy atom. The van der Waals surface area contributed by atoms with Crippen LogP contribution >= 0.6 is 0 Å². The highest BCUT2D eigenvalue weighted by Gasteiger charge is 2.19. The minimum Gasteiger partial charge on any atom is -0.259 e. The van der Waals surface area contributed by atoms with Crippen molar-refractivity contribution in [2.45, 2.75) is 43.1 Å². The molecule has 3 rings (SSSR count). The van der Waals surface area contributed by atoms with E-state index in [-0.39, 0.29) is 0 Å². The first kappa shape index (κ1) is 13.6. The number of rotatable bonds is 4. The summed E-state index contributed by atoms with van der Waals surface area (Å²) in [7, 11) is -0.723. The van der Waals surface area contributed by atoms with E-state index in [1.165, 1.54) is 19.3 Å². The second-order valence-electron chi connectivity index (χ2n) is 5.40. The van der Waals surface area contributed by atoms with E-state index in [1.54, 1.807) is 6.20 Å². The minimum atomic E-state index is -0.723. The molecule has 1 atom stereocenters. The molecule has 3 nitrogen and oxygen atoms in total. The van der Waals surface area contributed by atoms with Crippen LogP contribution in [-0.4, -0.2) is 19.2 Å². The minimum absolute atomic E-state index is 0.412. The predicted molar refractivity (Wildman–Crippen MR) is 82.3 cm³/mol. The molecule has 20 heavy (non-hydrogen) atoms. The van der Waals surface area contributed by atoms with Crippen molar-refractivity contribution in [2.24, 2.45) is 0 Å². The highest BCUT2D eigenvalue weighted by Crippen LogP contribution is 2.24. The second-order valence-corrected chi connectivity index (χ2v) is 7.12. The molecule has 0 bridgehead atoms. The van der Waals surface area contributed by atoms with E-state index in [1.807, 2.05) is 29.1 Å². The lowest BCUT2D eigenvalue weighted by Gasteiger charge is -2.20. The Bertz CT molecular complexity index is 557. The van der Waals surface area contributed by atoms with E-state index in [9.17, 15) is 4.21 Å². The zero-order chi connectivity index (χ0) is 13.8. The summed E-state index contributed by atoms with van der Waals surface area (Å²) in [6.07, 6.45) is 9.77. The third kappa shape index (κ3) is 3.18. The Hall–Kier alpha value is -1.42. The molecule has 0 spiro atoms. The summed E-state index contributed by atoms with van der Waals surface area (Å²) in [6.45, 7) is 0. The third-order valence-corrected chi connectivity index (χ3v) is 5.77. The molecule has 0 aliphatic heterocycles. The first-order valence-corrected chi connectivity index (χ1v) is 8.67. The lowest BCUT2D eigenvalue weighted by atomic mass is 10.0. The Morgan fingerprint density at radius 1 is 1.15 bits per heavy atom. The summed E-state index contributed by atoms with van der Waals surface area (Å²) < 4.78 is 14.2. The van der Waals surface area contributed by atoms with Gasteiger partial charge < -0.3 is 0 Å². The molecule has 1 aliphatic rings. The Labute approximate surface area is 122 Å². The Balaban J connectivity index is 1.64. The van der Waals surface area contributed by atoms with Crippen molar-refractivity contribution in [3.05, 3.63) is 48.3 Å². The van der Waals surface area contributed by atoms with Gasteiger partial charge in [0.2, 0.25) is 0 Å². The topological polar surface area (TPSA) is 34.9 Å². The Morgan fingerprint density at radius 3 is 2.55 bits per heavy atom. The SMILES string of the molecule is O=[S@](Cc1ccc(-n2cccn2)cc1)C1CCCCC1. The molecule has 1 aliphatic carbocycles. The van der Waals surface area contributed by atoms with Crippen LogP contribution in [0.5, 0.6) is 0 Å². The normalized spacial score (nSPS) is 18.0. The van der Waals surface area contributed by atoms with Gasteiger partial charge in [0, 0.05) is 34.2 Å². The third-order valence-electron chi connectivity index (χ3n) is 3.94. The van der Waals surface area contributed by atoms with Crippen LogP contribution in [0, 0.1) is 0 Å². The lowest BCUT2D eigenvalue weighted by Crippen LogP contribution is -2.19. The molecule has 1 aromatic carbocycles. The van der Waals surface area contributed by atoms with Crippen LogP contribution in [0.1, 0.15) is 37.7 Å². The number of nitrogens with zero attached hydrogens (tertiary/aromatic N) is 2. The van der Waals surface area contributed by atoms with E-state index in [2.05, 4.69) is 17.2 Å². The summed E-state index contributed by atoms with van der Waals surface area (Å²) in [5.41, 5.74) is 2.20. The maximum atomic E-state index is 12.4. The van der Waals surface area contributed by atoms with Crippen molar-refractivity contribution < 1.29 is 4.21 Å². The maximum absolute atomic E-state index is 12.4. The summed E-state index contributed by atoms with van der Waals surface area (Å²) in [4.78, 5) is 0. The fourth-order valence-corrected chi connectivity index (χ4v) is 4.39. The van der Waals surface area contributed by atoms with Crippen molar-refractivity contribution >= 4 is 10.8 Å². The molecular formula is C16H20N2OS. The average molecular weight is 288 g/mol. The maximum Gasteiger partial charge on any atom is 0.0645 e. The van der Waals surface area contributed by atoms with Gasteiger partial charge in [-0.3, -0.25) is 4.21 Å². The highest BCUT2D eigenvalue weighted by molar-refractivity contribution is 7.84. The molecule has 0 unspecified atom stereocenters. The van der Waals surface area contributed by atoms with E-state index in [0.29, 0.717) is 11.0 Å². The van der Waals surface area contributed by atoms with E-state index in [0.717, 1.165) is 24.1 Å². The second kappa shape index (κ2) is 6.35. The zero-order valence-corrected chi connectivity index (χ0v) is 12.4. The van der Waals surface area contributed by atoms with Crippen LogP contribution in [0.4, 0.5) is 0 Å². The molecule has 1 aromatic heterocycles. The molecule has 1 fully saturated rings. The van der Waals surface area contributed by atoms with Crippen molar-refractivity contribution in [3.63, 3.8) is 0 Å². The van der Waals surface area contributed by atoms with Gasteiger partial charge in [-0.1, -0.05) is 31.4 Å². The van der Waals surface area contributed by atoms with Crippen LogP contribution in [-0.2, 0) is 16.6 Å². The summed E-state index contributed by atoms with van der Waals surface area (Å²) in [5.74, 6) is 0.685. The first-order valence-electron chi connectivity index (χ1n) is 7.29. The smallest absolute Gasteiger partial charge is 0.0645 e. The quantitative estimate of drug-likeness (QED) is 0.863. The van der Waals surface area contributed by atoms with Crippen LogP contribution in [0.15, 0.2) is 42.7 Å². The molecular weight excluding hydrogens is 268 g/mol. The Kier molecular flexibility index (Phi) is 4.31. The van der Waals surface area contributed by atoms with Gasteiger partial charge in [-0.05, 0) is 36.6 Å². The van der Waals surface area contributed by atoms with Gasteiger partial charge in [-0.15, -0.1) is 0 Å². The van der Waals surface area contributed by atoms with Gasteiger partial charge in [0.25, 0.3) is 0 Å². The van der Waals surface area contributed by atoms with Crippen LogP contribution < -0.4 is 0 Å². The van der Waals surface area contributed by atoms with E-state index < -0.39 is 10.8 Å². The molecule has 0 amide bonds. The molecule has 4 heteroatoms. The molecule has 106 valence electrons. The number of hydrogen-bond donors (Lipinski definition) is 0. The van der Waals surface area contributed by atoms with Crippen LogP contribution in [0.3, 0.4) is 0 Å². The predicted octanol–water partition coefficient (Wildman–Crippen LogP) is 3.45. The van der Waals surface area contributed by atoms with Crippen molar-refractivity contribution in [1.29, 1.82) is 0 Å². The number of hydrogen-bond acceptors (Lipinski definition) is 2. The molecule has 1 heterocycles. The largest absolute Gasteiger partial charge is 0.259 e. The first-order chi connectivity index (χ1) is 9.83. The standard InChI is InChI=1S/C16H20N2OS/c19-20(16-5-2-1-3-6-16)13-14-7-9-15(10-8-14)18-12-4-11-17-18/h4,7-12,16H,1-3,5-6,13H2/t20-/m1/s1. The fraction of sp³-hybridized carbons (Fsp3) is 0.438. The van der Waals surface area contributed by atoms with Gasteiger partial charge in [0.15, 0.2) is 0 Å². The van der Waals surface area contributed by atoms with Crippen molar-refractivity contribution in [1.82, 2.24) is 9.78 Å². The lowest BCUT2D eigenvalue weighted by molar-refractivity contribution is 0.504. The van der Waals surface area contributed by atoms with E-state index in [4.69, 9.17) is 0 Å². The summed E-state index contributed by atoms with van der Waals surface area (Å²) in [6, 6.07) is 10.1. The monoisotopic (exact) mass is 288 g/mol. The molecule has 0 saturated heterocycles. The van der Waals surface area contributed by atoms with Crippen LogP contribution in [0.25, 0.3) is 5.69 Å².